The molecule has 0 aromatic heterocycles. The van der Waals surface area contributed by atoms with Gasteiger partial charge in [0.25, 0.3) is 0 Å². The fourth-order valence-corrected chi connectivity index (χ4v) is 5.29. The van der Waals surface area contributed by atoms with E-state index in [0.29, 0.717) is 25.1 Å². The lowest BCUT2D eigenvalue weighted by atomic mass is 9.86. The highest BCUT2D eigenvalue weighted by Crippen LogP contribution is 2.45. The monoisotopic (exact) mass is 459 g/mol. The van der Waals surface area contributed by atoms with Crippen LogP contribution in [0.1, 0.15) is 40.0 Å². The number of aliphatic hydroxyl groups is 2. The van der Waals surface area contributed by atoms with Crippen molar-refractivity contribution in [2.45, 2.75) is 63.5 Å². The zero-order valence-corrected chi connectivity index (χ0v) is 19.0. The average molecular weight is 460 g/mol. The Morgan fingerprint density at radius 2 is 1.94 bits per heavy atom. The van der Waals surface area contributed by atoms with E-state index in [0.717, 1.165) is 0 Å². The van der Waals surface area contributed by atoms with E-state index < -0.39 is 29.4 Å². The van der Waals surface area contributed by atoms with Crippen molar-refractivity contribution in [1.82, 2.24) is 15.5 Å². The van der Waals surface area contributed by atoms with E-state index in [4.69, 9.17) is 0 Å². The number of carbonyl (C=O) groups is 4. The molecule has 0 radical (unpaired) electrons. The molecular formula is C20H33N3O7S. The van der Waals surface area contributed by atoms with E-state index in [-0.39, 0.29) is 48.6 Å². The lowest BCUT2D eigenvalue weighted by molar-refractivity contribution is -0.163. The Kier molecular flexibility index (Phi) is 8.73. The molecule has 2 aliphatic rings. The highest BCUT2D eigenvalue weighted by molar-refractivity contribution is 8.00. The molecule has 11 heteroatoms. The number of carboxylic acids is 1. The molecule has 2 heterocycles. The molecule has 3 amide bonds. The molecule has 0 unspecified atom stereocenters. The minimum Gasteiger partial charge on any atom is -0.480 e. The quantitative estimate of drug-likeness (QED) is 0.187. The Morgan fingerprint density at radius 3 is 2.52 bits per heavy atom. The predicted octanol–water partition coefficient (Wildman–Crippen LogP) is -0.816. The number of β-lactam (4-membered cyclic amide) rings is 1. The van der Waals surface area contributed by atoms with Gasteiger partial charge in [-0.3, -0.25) is 14.4 Å². The van der Waals surface area contributed by atoms with E-state index >= 15 is 0 Å². The van der Waals surface area contributed by atoms with Crippen LogP contribution in [-0.2, 0) is 19.2 Å². The summed E-state index contributed by atoms with van der Waals surface area (Å²) in [7, 11) is 0. The lowest BCUT2D eigenvalue weighted by Crippen LogP contribution is -2.61. The first-order chi connectivity index (χ1) is 14.5. The third-order valence-corrected chi connectivity index (χ3v) is 7.33. The number of nitrogens with zero attached hydrogens (tertiary/aromatic N) is 1. The van der Waals surface area contributed by atoms with Crippen LogP contribution >= 0.6 is 11.8 Å². The molecule has 31 heavy (non-hydrogen) atoms. The van der Waals surface area contributed by atoms with Gasteiger partial charge in [-0.2, -0.15) is 11.8 Å². The summed E-state index contributed by atoms with van der Waals surface area (Å²) in [4.78, 5) is 49.1. The number of aliphatic carboxylic acids is 1. The molecule has 2 rings (SSSR count). The van der Waals surface area contributed by atoms with Gasteiger partial charge in [-0.1, -0.05) is 20.8 Å². The van der Waals surface area contributed by atoms with Gasteiger partial charge in [-0.25, -0.2) is 4.79 Å². The summed E-state index contributed by atoms with van der Waals surface area (Å²) in [6, 6.07) is -0.814. The van der Waals surface area contributed by atoms with Crippen molar-refractivity contribution in [2.75, 3.05) is 25.4 Å². The fourth-order valence-electron chi connectivity index (χ4n) is 4.01. The second-order valence-corrected chi connectivity index (χ2v) is 10.0. The maximum absolute atomic E-state index is 12.2. The van der Waals surface area contributed by atoms with Crippen molar-refractivity contribution in [3.8, 4) is 0 Å². The molecule has 2 saturated heterocycles. The standard InChI is InChI=1S/C20H33N3O7S/c1-4-11-12-9-13(15(19(29)30)23(12)18(11)28)31-8-7-21-14(25)5-6-22-17(27)16(26)20(2,3)10-24/h11-13,15-16,24,26H,4-10H2,1-3H3,(H,21,25)(H,22,27)(H,29,30)/t11-,12+,13-,15+,16+/m1/s1. The lowest BCUT2D eigenvalue weighted by Gasteiger charge is -2.44. The van der Waals surface area contributed by atoms with Gasteiger partial charge in [-0.05, 0) is 12.8 Å². The summed E-state index contributed by atoms with van der Waals surface area (Å²) < 4.78 is 0. The van der Waals surface area contributed by atoms with E-state index in [9.17, 15) is 34.5 Å². The van der Waals surface area contributed by atoms with Crippen LogP contribution < -0.4 is 10.6 Å². The Balaban J connectivity index is 1.67. The Labute approximate surface area is 186 Å². The first-order valence-corrected chi connectivity index (χ1v) is 11.6. The summed E-state index contributed by atoms with van der Waals surface area (Å²) in [5.74, 6) is -1.55. The molecule has 0 saturated carbocycles. The molecule has 10 nitrogen and oxygen atoms in total. The molecule has 0 bridgehead atoms. The third-order valence-electron chi connectivity index (χ3n) is 6.02. The Hall–Kier alpha value is -1.85. The number of thioether (sulfide) groups is 1. The SMILES string of the molecule is CC[C@H]1C(=O)N2[C@H](C(=O)O)[C@H](SCCNC(=O)CCNC(=O)[C@H](O)C(C)(C)CO)C[C@@H]12. The second kappa shape index (κ2) is 10.6. The first-order valence-electron chi connectivity index (χ1n) is 10.5. The van der Waals surface area contributed by atoms with Crippen molar-refractivity contribution in [1.29, 1.82) is 0 Å². The summed E-state index contributed by atoms with van der Waals surface area (Å²) in [5.41, 5.74) is -0.977. The summed E-state index contributed by atoms with van der Waals surface area (Å²) in [6.07, 6.45) is 0.0195. The predicted molar refractivity (Wildman–Crippen MR) is 114 cm³/mol. The van der Waals surface area contributed by atoms with Crippen LogP contribution in [0, 0.1) is 11.3 Å². The summed E-state index contributed by atoms with van der Waals surface area (Å²) >= 11 is 1.45. The molecule has 2 fully saturated rings. The number of nitrogens with one attached hydrogen (secondary N) is 2. The van der Waals surface area contributed by atoms with Gasteiger partial charge in [0.2, 0.25) is 17.7 Å². The molecule has 176 valence electrons. The summed E-state index contributed by atoms with van der Waals surface area (Å²) in [5, 5.41) is 33.6. The number of fused-ring (bicyclic) bond motifs is 1. The molecule has 5 atom stereocenters. The molecule has 0 aromatic rings. The smallest absolute Gasteiger partial charge is 0.327 e. The van der Waals surface area contributed by atoms with Gasteiger partial charge in [-0.15, -0.1) is 0 Å². The van der Waals surface area contributed by atoms with Crippen molar-refractivity contribution >= 4 is 35.5 Å². The summed E-state index contributed by atoms with van der Waals surface area (Å²) in [6.45, 7) is 5.09. The highest BCUT2D eigenvalue weighted by Gasteiger charge is 2.59. The Morgan fingerprint density at radius 1 is 1.26 bits per heavy atom. The number of hydrogen-bond donors (Lipinski definition) is 5. The molecule has 0 spiro atoms. The van der Waals surface area contributed by atoms with E-state index in [1.165, 1.54) is 16.7 Å². The van der Waals surface area contributed by atoms with Crippen molar-refractivity contribution in [2.24, 2.45) is 11.3 Å². The molecule has 5 N–H and O–H groups in total. The van der Waals surface area contributed by atoms with Crippen LogP contribution in [0.5, 0.6) is 0 Å². The maximum Gasteiger partial charge on any atom is 0.327 e. The zero-order chi connectivity index (χ0) is 23.3. The van der Waals surface area contributed by atoms with Gasteiger partial charge in [0, 0.05) is 42.0 Å². The number of hydrogen-bond acceptors (Lipinski definition) is 7. The minimum atomic E-state index is -1.38. The third kappa shape index (κ3) is 5.69. The number of amides is 3. The largest absolute Gasteiger partial charge is 0.480 e. The maximum atomic E-state index is 12.2. The van der Waals surface area contributed by atoms with E-state index in [1.807, 2.05) is 6.92 Å². The normalized spacial score (nSPS) is 26.1. The van der Waals surface area contributed by atoms with Gasteiger partial charge < -0.3 is 30.9 Å². The molecule has 0 aliphatic carbocycles. The fraction of sp³-hybridized carbons (Fsp3) is 0.800. The van der Waals surface area contributed by atoms with Crippen LogP contribution in [0.3, 0.4) is 0 Å². The van der Waals surface area contributed by atoms with Crippen molar-refractivity contribution < 1.29 is 34.5 Å². The van der Waals surface area contributed by atoms with Gasteiger partial charge >= 0.3 is 5.97 Å². The molecule has 0 aromatic carbocycles. The number of carboxylic acid groups (broad SMARTS) is 1. The highest BCUT2D eigenvalue weighted by atomic mass is 32.2. The van der Waals surface area contributed by atoms with Gasteiger partial charge in [0.05, 0.1) is 12.5 Å². The van der Waals surface area contributed by atoms with Crippen LogP contribution in [0.25, 0.3) is 0 Å². The van der Waals surface area contributed by atoms with Gasteiger partial charge in [0.1, 0.15) is 12.1 Å². The van der Waals surface area contributed by atoms with Crippen LogP contribution in [0.15, 0.2) is 0 Å². The number of rotatable bonds is 12. The number of carbonyl (C=O) groups excluding carboxylic acids is 3. The van der Waals surface area contributed by atoms with Crippen LogP contribution in [0.4, 0.5) is 0 Å². The molecular weight excluding hydrogens is 426 g/mol. The van der Waals surface area contributed by atoms with Gasteiger partial charge in [0.15, 0.2) is 0 Å². The van der Waals surface area contributed by atoms with Crippen molar-refractivity contribution in [3.05, 3.63) is 0 Å². The topological polar surface area (TPSA) is 156 Å². The van der Waals surface area contributed by atoms with E-state index in [2.05, 4.69) is 10.6 Å². The minimum absolute atomic E-state index is 0.000430. The van der Waals surface area contributed by atoms with Crippen LogP contribution in [0.2, 0.25) is 0 Å². The Bertz CT molecular complexity index is 702. The van der Waals surface area contributed by atoms with Crippen LogP contribution in [-0.4, -0.2) is 92.8 Å². The van der Waals surface area contributed by atoms with E-state index in [1.54, 1.807) is 13.8 Å². The second-order valence-electron chi connectivity index (χ2n) is 8.70. The average Bonchev–Trinajstić information content (AvgIpc) is 3.05. The zero-order valence-electron chi connectivity index (χ0n) is 18.2. The molecule has 2 aliphatic heterocycles. The van der Waals surface area contributed by atoms with Crippen molar-refractivity contribution in [3.63, 3.8) is 0 Å². The first kappa shape index (κ1) is 25.4. The number of aliphatic hydroxyl groups excluding tert-OH is 2.